The lowest BCUT2D eigenvalue weighted by molar-refractivity contribution is 0.246. The summed E-state index contributed by atoms with van der Waals surface area (Å²) in [7, 11) is 0. The van der Waals surface area contributed by atoms with Crippen molar-refractivity contribution in [3.8, 4) is 0 Å². The molecule has 70 valence electrons. The molecule has 2 nitrogen and oxygen atoms in total. The summed E-state index contributed by atoms with van der Waals surface area (Å²) in [6.07, 6.45) is 4.05. The molecule has 0 radical (unpaired) electrons. The van der Waals surface area contributed by atoms with Crippen LogP contribution in [0.1, 0.15) is 37.6 Å². The highest BCUT2D eigenvalue weighted by atomic mass is 14.8. The molecule has 1 heterocycles. The van der Waals surface area contributed by atoms with Crippen LogP contribution in [0.5, 0.6) is 0 Å². The molecule has 0 fully saturated rings. The summed E-state index contributed by atoms with van der Waals surface area (Å²) in [5.74, 6) is 0. The van der Waals surface area contributed by atoms with E-state index in [1.165, 1.54) is 11.3 Å². The van der Waals surface area contributed by atoms with Gasteiger partial charge in [0.05, 0.1) is 0 Å². The van der Waals surface area contributed by atoms with E-state index in [9.17, 15) is 0 Å². The summed E-state index contributed by atoms with van der Waals surface area (Å²) in [5, 5.41) is 0. The van der Waals surface area contributed by atoms with Crippen LogP contribution in [0.2, 0.25) is 0 Å². The number of hydrogen-bond donors (Lipinski definition) is 1. The molecule has 0 saturated heterocycles. The predicted molar refractivity (Wildman–Crippen MR) is 53.3 cm³/mol. The quantitative estimate of drug-likeness (QED) is 0.657. The summed E-state index contributed by atoms with van der Waals surface area (Å²) in [5.41, 5.74) is 8.83. The first kappa shape index (κ1) is 8.70. The third-order valence-electron chi connectivity index (χ3n) is 3.11. The molecule has 1 aliphatic carbocycles. The first-order valence-corrected chi connectivity index (χ1v) is 4.80. The minimum atomic E-state index is 0.143. The zero-order valence-corrected chi connectivity index (χ0v) is 8.25. The Morgan fingerprint density at radius 1 is 1.54 bits per heavy atom. The Morgan fingerprint density at radius 3 is 3.08 bits per heavy atom. The van der Waals surface area contributed by atoms with Gasteiger partial charge in [0.25, 0.3) is 0 Å². The van der Waals surface area contributed by atoms with Crippen molar-refractivity contribution in [2.24, 2.45) is 11.1 Å². The van der Waals surface area contributed by atoms with Gasteiger partial charge in [-0.15, -0.1) is 0 Å². The van der Waals surface area contributed by atoms with E-state index in [1.54, 1.807) is 0 Å². The van der Waals surface area contributed by atoms with Gasteiger partial charge in [0.1, 0.15) is 0 Å². The topological polar surface area (TPSA) is 38.9 Å². The molecule has 0 aromatic carbocycles. The largest absolute Gasteiger partial charge is 0.323 e. The number of nitrogens with zero attached hydrogens (tertiary/aromatic N) is 1. The number of hydrogen-bond acceptors (Lipinski definition) is 2. The average molecular weight is 176 g/mol. The van der Waals surface area contributed by atoms with Gasteiger partial charge in [0, 0.05) is 17.9 Å². The number of nitrogens with two attached hydrogens (primary N) is 1. The molecule has 1 aromatic heterocycles. The van der Waals surface area contributed by atoms with Crippen LogP contribution in [0, 0.1) is 5.41 Å². The Morgan fingerprint density at radius 2 is 2.31 bits per heavy atom. The van der Waals surface area contributed by atoms with Crippen LogP contribution in [0.4, 0.5) is 0 Å². The van der Waals surface area contributed by atoms with Crippen molar-refractivity contribution in [3.63, 3.8) is 0 Å². The highest BCUT2D eigenvalue weighted by molar-refractivity contribution is 5.28. The molecule has 0 aliphatic heterocycles. The molecule has 1 unspecified atom stereocenters. The van der Waals surface area contributed by atoms with Crippen LogP contribution in [-0.2, 0) is 6.42 Å². The van der Waals surface area contributed by atoms with Crippen LogP contribution in [-0.4, -0.2) is 4.98 Å². The Balaban J connectivity index is 2.45. The Labute approximate surface area is 79.2 Å². The normalized spacial score (nSPS) is 25.3. The molecule has 2 rings (SSSR count). The number of pyridine rings is 1. The summed E-state index contributed by atoms with van der Waals surface area (Å²) in [6.45, 7) is 4.46. The Hall–Kier alpha value is -0.890. The minimum absolute atomic E-state index is 0.143. The van der Waals surface area contributed by atoms with E-state index >= 15 is 0 Å². The molecule has 0 amide bonds. The van der Waals surface area contributed by atoms with Gasteiger partial charge >= 0.3 is 0 Å². The van der Waals surface area contributed by atoms with Crippen molar-refractivity contribution < 1.29 is 0 Å². The van der Waals surface area contributed by atoms with E-state index in [-0.39, 0.29) is 11.5 Å². The maximum Gasteiger partial charge on any atom is 0.0451 e. The van der Waals surface area contributed by atoms with Gasteiger partial charge in [0.15, 0.2) is 0 Å². The molecule has 2 N–H and O–H groups in total. The van der Waals surface area contributed by atoms with Crippen molar-refractivity contribution in [3.05, 3.63) is 29.6 Å². The highest BCUT2D eigenvalue weighted by Crippen LogP contribution is 2.40. The van der Waals surface area contributed by atoms with Crippen molar-refractivity contribution in [2.45, 2.75) is 32.7 Å². The zero-order valence-electron chi connectivity index (χ0n) is 8.25. The van der Waals surface area contributed by atoms with Crippen molar-refractivity contribution >= 4 is 0 Å². The predicted octanol–water partition coefficient (Wildman–Crippen LogP) is 2.05. The molecule has 1 aliphatic rings. The van der Waals surface area contributed by atoms with Gasteiger partial charge in [-0.2, -0.15) is 0 Å². The second-order valence-electron chi connectivity index (χ2n) is 4.51. The molecular formula is C11H16N2. The van der Waals surface area contributed by atoms with Crippen LogP contribution < -0.4 is 5.73 Å². The average Bonchev–Trinajstić information content (AvgIpc) is 2.13. The maximum atomic E-state index is 6.18. The summed E-state index contributed by atoms with van der Waals surface area (Å²) < 4.78 is 0. The molecule has 2 heteroatoms. The van der Waals surface area contributed by atoms with Gasteiger partial charge in [-0.1, -0.05) is 19.9 Å². The molecule has 0 bridgehead atoms. The smallest absolute Gasteiger partial charge is 0.0451 e. The lowest BCUT2D eigenvalue weighted by Crippen LogP contribution is -2.34. The minimum Gasteiger partial charge on any atom is -0.323 e. The van der Waals surface area contributed by atoms with Gasteiger partial charge < -0.3 is 5.73 Å². The second-order valence-corrected chi connectivity index (χ2v) is 4.51. The number of aryl methyl sites for hydroxylation is 1. The first-order chi connectivity index (χ1) is 6.11. The fourth-order valence-corrected chi connectivity index (χ4v) is 1.96. The third-order valence-corrected chi connectivity index (χ3v) is 3.11. The lowest BCUT2D eigenvalue weighted by atomic mass is 9.72. The summed E-state index contributed by atoms with van der Waals surface area (Å²) in [6, 6.07) is 4.22. The van der Waals surface area contributed by atoms with E-state index in [4.69, 9.17) is 5.73 Å². The summed E-state index contributed by atoms with van der Waals surface area (Å²) in [4.78, 5) is 4.36. The van der Waals surface area contributed by atoms with Crippen LogP contribution in [0.15, 0.2) is 18.3 Å². The molecule has 1 aromatic rings. The van der Waals surface area contributed by atoms with Crippen LogP contribution in [0.25, 0.3) is 0 Å². The number of fused-ring (bicyclic) bond motifs is 1. The molecule has 0 spiro atoms. The SMILES string of the molecule is CC1(C)CCc2ncccc2C1N. The first-order valence-electron chi connectivity index (χ1n) is 4.80. The van der Waals surface area contributed by atoms with Crippen LogP contribution >= 0.6 is 0 Å². The van der Waals surface area contributed by atoms with E-state index < -0.39 is 0 Å². The fraction of sp³-hybridized carbons (Fsp3) is 0.545. The van der Waals surface area contributed by atoms with Crippen LogP contribution in [0.3, 0.4) is 0 Å². The molecule has 13 heavy (non-hydrogen) atoms. The Bertz CT molecular complexity index is 318. The monoisotopic (exact) mass is 176 g/mol. The zero-order chi connectivity index (χ0) is 9.47. The molecule has 1 atom stereocenters. The van der Waals surface area contributed by atoms with Gasteiger partial charge in [-0.05, 0) is 29.9 Å². The maximum absolute atomic E-state index is 6.18. The van der Waals surface area contributed by atoms with Gasteiger partial charge in [-0.25, -0.2) is 0 Å². The molecular weight excluding hydrogens is 160 g/mol. The van der Waals surface area contributed by atoms with E-state index in [2.05, 4.69) is 24.9 Å². The van der Waals surface area contributed by atoms with E-state index in [0.717, 1.165) is 12.8 Å². The van der Waals surface area contributed by atoms with E-state index in [0.29, 0.717) is 0 Å². The standard InChI is InChI=1S/C11H16N2/c1-11(2)6-5-9-8(10(11)12)4-3-7-13-9/h3-4,7,10H,5-6,12H2,1-2H3. The highest BCUT2D eigenvalue weighted by Gasteiger charge is 2.33. The van der Waals surface area contributed by atoms with E-state index in [1.807, 2.05) is 12.3 Å². The number of rotatable bonds is 0. The fourth-order valence-electron chi connectivity index (χ4n) is 1.96. The Kier molecular flexibility index (Phi) is 1.88. The van der Waals surface area contributed by atoms with Gasteiger partial charge in [0.2, 0.25) is 0 Å². The summed E-state index contributed by atoms with van der Waals surface area (Å²) >= 11 is 0. The van der Waals surface area contributed by atoms with Crippen molar-refractivity contribution in [2.75, 3.05) is 0 Å². The second kappa shape index (κ2) is 2.81. The van der Waals surface area contributed by atoms with Gasteiger partial charge in [-0.3, -0.25) is 4.98 Å². The molecule has 0 saturated carbocycles. The third kappa shape index (κ3) is 1.35. The number of aromatic nitrogens is 1. The van der Waals surface area contributed by atoms with Crippen molar-refractivity contribution in [1.82, 2.24) is 4.98 Å². The van der Waals surface area contributed by atoms with Crippen molar-refractivity contribution in [1.29, 1.82) is 0 Å². The lowest BCUT2D eigenvalue weighted by Gasteiger charge is -2.36.